The molecule has 1 heterocycles. The van der Waals surface area contributed by atoms with Crippen LogP contribution in [0.3, 0.4) is 0 Å². The third kappa shape index (κ3) is 2.63. The molecule has 0 fully saturated rings. The molecule has 0 amide bonds. The van der Waals surface area contributed by atoms with Gasteiger partial charge in [0.1, 0.15) is 10.3 Å². The van der Waals surface area contributed by atoms with Crippen molar-refractivity contribution in [3.05, 3.63) is 49.3 Å². The number of hydrogen-bond donors (Lipinski definition) is 1. The Morgan fingerprint density at radius 1 is 1.16 bits per heavy atom. The van der Waals surface area contributed by atoms with Gasteiger partial charge in [-0.25, -0.2) is 4.98 Å². The summed E-state index contributed by atoms with van der Waals surface area (Å²) in [5.41, 5.74) is 5.22. The van der Waals surface area contributed by atoms with Crippen LogP contribution in [0, 0.1) is 20.8 Å². The second-order valence-electron chi connectivity index (χ2n) is 4.78. The van der Waals surface area contributed by atoms with E-state index in [0.29, 0.717) is 10.3 Å². The lowest BCUT2D eigenvalue weighted by Gasteiger charge is -2.10. The van der Waals surface area contributed by atoms with E-state index >= 15 is 0 Å². The molecular formula is C15H17BrN2O. The van der Waals surface area contributed by atoms with Gasteiger partial charge in [-0.1, -0.05) is 13.0 Å². The number of nitrogens with one attached hydrogen (secondary N) is 1. The van der Waals surface area contributed by atoms with Crippen LogP contribution in [0.5, 0.6) is 0 Å². The topological polar surface area (TPSA) is 45.8 Å². The fourth-order valence-corrected chi connectivity index (χ4v) is 2.55. The van der Waals surface area contributed by atoms with Crippen molar-refractivity contribution in [2.75, 3.05) is 0 Å². The molecule has 100 valence electrons. The van der Waals surface area contributed by atoms with Gasteiger partial charge in [0, 0.05) is 5.56 Å². The van der Waals surface area contributed by atoms with Crippen LogP contribution in [-0.4, -0.2) is 9.97 Å². The lowest BCUT2D eigenvalue weighted by molar-refractivity contribution is 0.968. The predicted octanol–water partition coefficient (Wildman–Crippen LogP) is 3.69. The minimum absolute atomic E-state index is 0.125. The Labute approximate surface area is 121 Å². The number of aromatic amines is 1. The first-order valence-electron chi connectivity index (χ1n) is 6.31. The second-order valence-corrected chi connectivity index (χ2v) is 5.57. The Balaban J connectivity index is 2.69. The van der Waals surface area contributed by atoms with E-state index in [-0.39, 0.29) is 5.56 Å². The van der Waals surface area contributed by atoms with Crippen LogP contribution in [0.2, 0.25) is 0 Å². The molecule has 0 aliphatic carbocycles. The molecule has 0 spiro atoms. The highest BCUT2D eigenvalue weighted by atomic mass is 79.9. The van der Waals surface area contributed by atoms with Crippen LogP contribution < -0.4 is 5.56 Å². The Kier molecular flexibility index (Phi) is 3.90. The number of aryl methyl sites for hydroxylation is 4. The van der Waals surface area contributed by atoms with Crippen LogP contribution in [0.15, 0.2) is 21.4 Å². The summed E-state index contributed by atoms with van der Waals surface area (Å²) in [5, 5.41) is 0. The zero-order valence-electron chi connectivity index (χ0n) is 11.6. The van der Waals surface area contributed by atoms with Crippen LogP contribution in [0.25, 0.3) is 11.4 Å². The van der Waals surface area contributed by atoms with Gasteiger partial charge in [-0.2, -0.15) is 0 Å². The predicted molar refractivity (Wildman–Crippen MR) is 81.6 cm³/mol. The van der Waals surface area contributed by atoms with Crippen molar-refractivity contribution in [2.45, 2.75) is 34.1 Å². The lowest BCUT2D eigenvalue weighted by Crippen LogP contribution is -2.13. The molecule has 4 heteroatoms. The van der Waals surface area contributed by atoms with E-state index in [0.717, 1.165) is 23.2 Å². The maximum atomic E-state index is 11.9. The molecule has 0 unspecified atom stereocenters. The number of aromatic nitrogens is 2. The number of halogens is 1. The highest BCUT2D eigenvalue weighted by Gasteiger charge is 2.11. The molecule has 1 N–H and O–H groups in total. The lowest BCUT2D eigenvalue weighted by atomic mass is 10.0. The summed E-state index contributed by atoms with van der Waals surface area (Å²) in [7, 11) is 0. The second kappa shape index (κ2) is 5.29. The molecular weight excluding hydrogens is 304 g/mol. The summed E-state index contributed by atoms with van der Waals surface area (Å²) >= 11 is 3.29. The average molecular weight is 321 g/mol. The maximum Gasteiger partial charge on any atom is 0.265 e. The van der Waals surface area contributed by atoms with E-state index in [2.05, 4.69) is 51.9 Å². The highest BCUT2D eigenvalue weighted by molar-refractivity contribution is 9.10. The molecule has 2 aromatic rings. The molecule has 3 nitrogen and oxygen atoms in total. The number of hydrogen-bond acceptors (Lipinski definition) is 2. The van der Waals surface area contributed by atoms with Crippen LogP contribution >= 0.6 is 15.9 Å². The molecule has 0 aliphatic heterocycles. The van der Waals surface area contributed by atoms with Gasteiger partial charge in [-0.05, 0) is 65.9 Å². The summed E-state index contributed by atoms with van der Waals surface area (Å²) in [4.78, 5) is 19.3. The van der Waals surface area contributed by atoms with Gasteiger partial charge in [-0.15, -0.1) is 0 Å². The van der Waals surface area contributed by atoms with Gasteiger partial charge >= 0.3 is 0 Å². The van der Waals surface area contributed by atoms with Gasteiger partial charge < -0.3 is 4.98 Å². The van der Waals surface area contributed by atoms with Crippen molar-refractivity contribution in [3.63, 3.8) is 0 Å². The van der Waals surface area contributed by atoms with E-state index in [1.165, 1.54) is 11.1 Å². The first kappa shape index (κ1) is 14.0. The Bertz CT molecular complexity index is 689. The van der Waals surface area contributed by atoms with Crippen LogP contribution in [0.1, 0.15) is 29.3 Å². The highest BCUT2D eigenvalue weighted by Crippen LogP contribution is 2.24. The van der Waals surface area contributed by atoms with Gasteiger partial charge in [-0.3, -0.25) is 4.79 Å². The van der Waals surface area contributed by atoms with E-state index in [4.69, 9.17) is 0 Å². The van der Waals surface area contributed by atoms with Crippen molar-refractivity contribution in [1.82, 2.24) is 9.97 Å². The molecule has 0 saturated carbocycles. The van der Waals surface area contributed by atoms with E-state index in [9.17, 15) is 4.79 Å². The minimum Gasteiger partial charge on any atom is -0.306 e. The quantitative estimate of drug-likeness (QED) is 0.917. The van der Waals surface area contributed by atoms with Gasteiger partial charge in [0.25, 0.3) is 5.56 Å². The van der Waals surface area contributed by atoms with Gasteiger partial charge in [0.15, 0.2) is 0 Å². The Hall–Kier alpha value is -1.42. The van der Waals surface area contributed by atoms with E-state index in [1.54, 1.807) is 0 Å². The number of rotatable bonds is 2. The monoisotopic (exact) mass is 320 g/mol. The Morgan fingerprint density at radius 3 is 2.42 bits per heavy atom. The molecule has 0 aliphatic rings. The molecule has 0 saturated heterocycles. The van der Waals surface area contributed by atoms with Gasteiger partial charge in [0.2, 0.25) is 0 Å². The van der Waals surface area contributed by atoms with Crippen LogP contribution in [0.4, 0.5) is 0 Å². The molecule has 0 atom stereocenters. The first-order valence-corrected chi connectivity index (χ1v) is 7.10. The smallest absolute Gasteiger partial charge is 0.265 e. The van der Waals surface area contributed by atoms with E-state index < -0.39 is 0 Å². The third-order valence-corrected chi connectivity index (χ3v) is 4.18. The summed E-state index contributed by atoms with van der Waals surface area (Å²) in [6, 6.07) is 4.20. The SMILES string of the molecule is CCc1nc(-c2cc(C)c(C)cc2C)[nH]c(=O)c1Br. The zero-order valence-corrected chi connectivity index (χ0v) is 13.2. The number of nitrogens with zero attached hydrogens (tertiary/aromatic N) is 1. The summed E-state index contributed by atoms with van der Waals surface area (Å²) in [6.45, 7) is 8.18. The minimum atomic E-state index is -0.125. The zero-order chi connectivity index (χ0) is 14.2. The number of benzene rings is 1. The van der Waals surface area contributed by atoms with Crippen molar-refractivity contribution < 1.29 is 0 Å². The molecule has 19 heavy (non-hydrogen) atoms. The first-order chi connectivity index (χ1) is 8.93. The molecule has 0 bridgehead atoms. The molecule has 2 rings (SSSR count). The van der Waals surface area contributed by atoms with Crippen molar-refractivity contribution in [2.24, 2.45) is 0 Å². The third-order valence-electron chi connectivity index (χ3n) is 3.36. The summed E-state index contributed by atoms with van der Waals surface area (Å²) in [6.07, 6.45) is 0.724. The fourth-order valence-electron chi connectivity index (χ4n) is 2.08. The van der Waals surface area contributed by atoms with Crippen molar-refractivity contribution in [1.29, 1.82) is 0 Å². The standard InChI is InChI=1S/C15H17BrN2O/c1-5-12-13(16)15(19)18-14(17-12)11-7-9(3)8(2)6-10(11)4/h6-7H,5H2,1-4H3,(H,17,18,19). The van der Waals surface area contributed by atoms with Crippen LogP contribution in [-0.2, 0) is 6.42 Å². The van der Waals surface area contributed by atoms with Crippen molar-refractivity contribution >= 4 is 15.9 Å². The largest absolute Gasteiger partial charge is 0.306 e. The maximum absolute atomic E-state index is 11.9. The van der Waals surface area contributed by atoms with Gasteiger partial charge in [0.05, 0.1) is 5.69 Å². The molecule has 1 aromatic carbocycles. The van der Waals surface area contributed by atoms with E-state index in [1.807, 2.05) is 13.8 Å². The average Bonchev–Trinajstić information content (AvgIpc) is 2.37. The summed E-state index contributed by atoms with van der Waals surface area (Å²) < 4.78 is 0.528. The number of H-pyrrole nitrogens is 1. The fraction of sp³-hybridized carbons (Fsp3) is 0.333. The molecule has 0 radical (unpaired) electrons. The normalized spacial score (nSPS) is 10.8. The molecule has 1 aromatic heterocycles. The Morgan fingerprint density at radius 2 is 1.79 bits per heavy atom. The summed E-state index contributed by atoms with van der Waals surface area (Å²) in [5.74, 6) is 0.644. The van der Waals surface area contributed by atoms with Crippen molar-refractivity contribution in [3.8, 4) is 11.4 Å².